The van der Waals surface area contributed by atoms with Gasteiger partial charge in [-0.15, -0.1) is 0 Å². The first-order chi connectivity index (χ1) is 20.9. The monoisotopic (exact) mass is 586 g/mol. The molecule has 43 heavy (non-hydrogen) atoms. The van der Waals surface area contributed by atoms with Crippen LogP contribution in [0.25, 0.3) is 22.3 Å². The van der Waals surface area contributed by atoms with Crippen molar-refractivity contribution in [3.63, 3.8) is 0 Å². The summed E-state index contributed by atoms with van der Waals surface area (Å²) in [4.78, 5) is 34.5. The first-order valence-electron chi connectivity index (χ1n) is 15.0. The van der Waals surface area contributed by atoms with Gasteiger partial charge in [0.05, 0.1) is 44.1 Å². The van der Waals surface area contributed by atoms with Crippen molar-refractivity contribution >= 4 is 28.7 Å². The molecule has 1 atom stereocenters. The Labute approximate surface area is 253 Å². The first kappa shape index (κ1) is 30.4. The molecule has 1 aromatic carbocycles. The molecule has 1 amide bonds. The molecular formula is C33H42N6O4. The van der Waals surface area contributed by atoms with Gasteiger partial charge in [0.1, 0.15) is 11.6 Å². The van der Waals surface area contributed by atoms with Gasteiger partial charge in [-0.05, 0) is 63.9 Å². The Morgan fingerprint density at radius 3 is 2.60 bits per heavy atom. The average Bonchev–Trinajstić information content (AvgIpc) is 3.05. The van der Waals surface area contributed by atoms with E-state index in [9.17, 15) is 9.90 Å². The fourth-order valence-corrected chi connectivity index (χ4v) is 5.90. The number of carbonyl (C=O) groups excluding carboxylic acids is 1. The summed E-state index contributed by atoms with van der Waals surface area (Å²) in [7, 11) is 3.63. The van der Waals surface area contributed by atoms with Gasteiger partial charge in [-0.3, -0.25) is 4.79 Å². The maximum Gasteiger partial charge on any atom is 0.253 e. The van der Waals surface area contributed by atoms with Gasteiger partial charge in [0.2, 0.25) is 5.95 Å². The number of amides is 1. The average molecular weight is 587 g/mol. The summed E-state index contributed by atoms with van der Waals surface area (Å²) < 4.78 is 11.1. The predicted octanol–water partition coefficient (Wildman–Crippen LogP) is 4.37. The highest BCUT2D eigenvalue weighted by molar-refractivity contribution is 5.96. The lowest BCUT2D eigenvalue weighted by Gasteiger charge is -2.38. The van der Waals surface area contributed by atoms with Crippen molar-refractivity contribution < 1.29 is 19.4 Å². The number of carbonyl (C=O) groups is 1. The molecule has 3 aromatic rings. The normalized spacial score (nSPS) is 18.5. The van der Waals surface area contributed by atoms with Crippen molar-refractivity contribution in [2.24, 2.45) is 0 Å². The number of benzene rings is 1. The number of hydrogen-bond acceptors (Lipinski definition) is 9. The van der Waals surface area contributed by atoms with Gasteiger partial charge < -0.3 is 29.3 Å². The number of aliphatic hydroxyl groups is 1. The summed E-state index contributed by atoms with van der Waals surface area (Å²) in [5, 5.41) is 10.7. The van der Waals surface area contributed by atoms with Gasteiger partial charge >= 0.3 is 0 Å². The van der Waals surface area contributed by atoms with Crippen LogP contribution in [0.3, 0.4) is 0 Å². The van der Waals surface area contributed by atoms with Crippen molar-refractivity contribution in [1.82, 2.24) is 19.9 Å². The van der Waals surface area contributed by atoms with Gasteiger partial charge in [-0.1, -0.05) is 18.2 Å². The molecule has 5 rings (SSSR count). The molecule has 228 valence electrons. The number of hydrogen-bond donors (Lipinski definition) is 1. The molecule has 10 nitrogen and oxygen atoms in total. The topological polar surface area (TPSA) is 104 Å². The molecule has 10 heteroatoms. The van der Waals surface area contributed by atoms with E-state index in [4.69, 9.17) is 24.4 Å². The molecule has 1 N–H and O–H groups in total. The maximum absolute atomic E-state index is 13.0. The lowest BCUT2D eigenvalue weighted by atomic mass is 10.0. The number of likely N-dealkylation sites (tertiary alicyclic amines) is 1. The van der Waals surface area contributed by atoms with Crippen molar-refractivity contribution in [2.75, 3.05) is 56.8 Å². The van der Waals surface area contributed by atoms with E-state index in [0.29, 0.717) is 49.2 Å². The molecule has 2 aliphatic rings. The van der Waals surface area contributed by atoms with Crippen molar-refractivity contribution in [1.29, 1.82) is 0 Å². The molecule has 2 aliphatic heterocycles. The van der Waals surface area contributed by atoms with E-state index in [-0.39, 0.29) is 24.6 Å². The van der Waals surface area contributed by atoms with E-state index >= 15 is 0 Å². The Bertz CT molecular complexity index is 1510. The number of piperidine rings is 1. The summed E-state index contributed by atoms with van der Waals surface area (Å²) in [6, 6.07) is 10.0. The number of pyridine rings is 1. The van der Waals surface area contributed by atoms with E-state index in [2.05, 4.69) is 16.7 Å². The highest BCUT2D eigenvalue weighted by Crippen LogP contribution is 2.32. The number of morpholine rings is 1. The van der Waals surface area contributed by atoms with Crippen LogP contribution < -0.4 is 14.5 Å². The van der Waals surface area contributed by atoms with E-state index < -0.39 is 0 Å². The van der Waals surface area contributed by atoms with E-state index in [1.807, 2.05) is 74.4 Å². The second kappa shape index (κ2) is 13.5. The van der Waals surface area contributed by atoms with Crippen LogP contribution in [0, 0.1) is 0 Å². The second-order valence-corrected chi connectivity index (χ2v) is 11.1. The van der Waals surface area contributed by atoms with Crippen molar-refractivity contribution in [3.05, 3.63) is 59.7 Å². The summed E-state index contributed by atoms with van der Waals surface area (Å²) >= 11 is 0. The fraction of sp³-hybridized carbons (Fsp3) is 0.455. The Morgan fingerprint density at radius 2 is 1.93 bits per heavy atom. The van der Waals surface area contributed by atoms with E-state index in [0.717, 1.165) is 47.4 Å². The van der Waals surface area contributed by atoms with Gasteiger partial charge in [-0.2, -0.15) is 9.97 Å². The number of aromatic nitrogens is 3. The lowest BCUT2D eigenvalue weighted by Crippen LogP contribution is -2.47. The van der Waals surface area contributed by atoms with Crippen molar-refractivity contribution in [3.8, 4) is 17.0 Å². The summed E-state index contributed by atoms with van der Waals surface area (Å²) in [6.07, 6.45) is 7.29. The molecule has 2 aromatic heterocycles. The third kappa shape index (κ3) is 6.35. The SMILES string of the molecule is C/C=C\C(=C/C)C(=O)N1CCC(N(C)c2nc(N3CCOC[C@@H]3C)c3ccc(-c4ccc(OC)c(CO)c4)nc3n2)CC1. The molecule has 4 heterocycles. The van der Waals surface area contributed by atoms with Crippen LogP contribution in [0.2, 0.25) is 0 Å². The number of allylic oxidation sites excluding steroid dienone is 2. The molecule has 0 aliphatic carbocycles. The quantitative estimate of drug-likeness (QED) is 0.304. The summed E-state index contributed by atoms with van der Waals surface area (Å²) in [5.41, 5.74) is 3.66. The van der Waals surface area contributed by atoms with Crippen LogP contribution in [0.15, 0.2) is 54.1 Å². The van der Waals surface area contributed by atoms with Crippen LogP contribution in [0.4, 0.5) is 11.8 Å². The third-order valence-electron chi connectivity index (χ3n) is 8.43. The van der Waals surface area contributed by atoms with Gasteiger partial charge in [0.15, 0.2) is 5.65 Å². The minimum atomic E-state index is -0.128. The van der Waals surface area contributed by atoms with Crippen LogP contribution in [-0.2, 0) is 16.1 Å². The Kier molecular flexibility index (Phi) is 9.57. The smallest absolute Gasteiger partial charge is 0.253 e. The van der Waals surface area contributed by atoms with E-state index in [1.54, 1.807) is 7.11 Å². The molecule has 2 saturated heterocycles. The summed E-state index contributed by atoms with van der Waals surface area (Å²) in [5.74, 6) is 2.18. The van der Waals surface area contributed by atoms with Crippen LogP contribution in [-0.4, -0.2) is 90.0 Å². The number of methoxy groups -OCH3 is 1. The Hall–Kier alpha value is -4.02. The van der Waals surface area contributed by atoms with Gasteiger partial charge in [0, 0.05) is 49.4 Å². The molecule has 0 saturated carbocycles. The lowest BCUT2D eigenvalue weighted by molar-refractivity contribution is -0.127. The van der Waals surface area contributed by atoms with Crippen LogP contribution in [0.1, 0.15) is 39.2 Å². The zero-order valence-electron chi connectivity index (χ0n) is 25.8. The molecular weight excluding hydrogens is 544 g/mol. The van der Waals surface area contributed by atoms with Crippen LogP contribution >= 0.6 is 0 Å². The van der Waals surface area contributed by atoms with Gasteiger partial charge in [-0.25, -0.2) is 4.98 Å². The molecule has 0 radical (unpaired) electrons. The van der Waals surface area contributed by atoms with Gasteiger partial charge in [0.25, 0.3) is 5.91 Å². The number of nitrogens with zero attached hydrogens (tertiary/aromatic N) is 6. The Morgan fingerprint density at radius 1 is 1.14 bits per heavy atom. The number of anilines is 2. The summed E-state index contributed by atoms with van der Waals surface area (Å²) in [6.45, 7) is 9.19. The molecule has 0 unspecified atom stereocenters. The minimum Gasteiger partial charge on any atom is -0.496 e. The minimum absolute atomic E-state index is 0.0758. The second-order valence-electron chi connectivity index (χ2n) is 11.1. The highest BCUT2D eigenvalue weighted by atomic mass is 16.5. The van der Waals surface area contributed by atoms with Crippen LogP contribution in [0.5, 0.6) is 5.75 Å². The number of ether oxygens (including phenoxy) is 2. The maximum atomic E-state index is 13.0. The largest absolute Gasteiger partial charge is 0.496 e. The number of rotatable bonds is 8. The zero-order valence-corrected chi connectivity index (χ0v) is 25.8. The van der Waals surface area contributed by atoms with E-state index in [1.165, 1.54) is 0 Å². The highest BCUT2D eigenvalue weighted by Gasteiger charge is 2.29. The van der Waals surface area contributed by atoms with Crippen molar-refractivity contribution in [2.45, 2.75) is 52.3 Å². The zero-order chi connectivity index (χ0) is 30.5. The molecule has 2 fully saturated rings. The Balaban J connectivity index is 1.48. The standard InChI is InChI=1S/C33H42N6O4/c1-6-8-23(7-2)32(41)38-15-13-26(14-16-38)37(4)33-35-30-27(31(36-33)39-17-18-43-21-22(39)3)10-11-28(34-30)24-9-12-29(42-5)25(19-24)20-40/h6-12,19,22,26,40H,13-18,20-21H2,1-5H3/b8-6-,23-7+/t22-/m0/s1. The third-order valence-corrected chi connectivity index (χ3v) is 8.43. The number of aliphatic hydroxyl groups excluding tert-OH is 1. The predicted molar refractivity (Wildman–Crippen MR) is 169 cm³/mol. The fourth-order valence-electron chi connectivity index (χ4n) is 5.90. The number of fused-ring (bicyclic) bond motifs is 1. The molecule has 0 spiro atoms. The first-order valence-corrected chi connectivity index (χ1v) is 15.0. The molecule has 0 bridgehead atoms.